The number of fused-ring (bicyclic) bond motifs is 4. The maximum atomic E-state index is 12.5. The van der Waals surface area contributed by atoms with E-state index < -0.39 is 0 Å². The monoisotopic (exact) mass is 418 g/mol. The smallest absolute Gasteiger partial charge is 0.250 e. The van der Waals surface area contributed by atoms with Crippen molar-refractivity contribution in [3.05, 3.63) is 28.2 Å². The van der Waals surface area contributed by atoms with Crippen molar-refractivity contribution in [2.75, 3.05) is 43.5 Å². The van der Waals surface area contributed by atoms with Gasteiger partial charge in [-0.3, -0.25) is 19.3 Å². The first kappa shape index (κ1) is 20.5. The molecule has 1 aromatic rings. The minimum absolute atomic E-state index is 0.0228. The lowest BCUT2D eigenvalue weighted by molar-refractivity contribution is -0.130. The molecule has 0 spiro atoms. The van der Waals surface area contributed by atoms with Crippen molar-refractivity contribution in [3.63, 3.8) is 0 Å². The van der Waals surface area contributed by atoms with Crippen LogP contribution in [-0.4, -0.2) is 70.4 Å². The predicted octanol–water partition coefficient (Wildman–Crippen LogP) is 1.58. The highest BCUT2D eigenvalue weighted by Gasteiger charge is 2.39. The molecule has 2 amide bonds. The number of likely N-dealkylation sites (tertiary alicyclic amines) is 2. The van der Waals surface area contributed by atoms with Gasteiger partial charge in [-0.15, -0.1) is 0 Å². The lowest BCUT2D eigenvalue weighted by Gasteiger charge is -2.47. The third kappa shape index (κ3) is 4.23. The third-order valence-electron chi connectivity index (χ3n) is 6.59. The van der Waals surface area contributed by atoms with Crippen LogP contribution in [0.4, 0.5) is 5.69 Å². The van der Waals surface area contributed by atoms with Crippen LogP contribution in [0.1, 0.15) is 37.8 Å². The number of carbonyl (C=O) groups is 2. The van der Waals surface area contributed by atoms with Crippen LogP contribution in [0.2, 0.25) is 0 Å². The summed E-state index contributed by atoms with van der Waals surface area (Å²) >= 11 is 1.49. The van der Waals surface area contributed by atoms with Crippen LogP contribution < -0.4 is 10.9 Å². The number of rotatable bonds is 4. The quantitative estimate of drug-likeness (QED) is 0.804. The molecule has 7 nitrogen and oxygen atoms in total. The number of nitrogens with one attached hydrogen (secondary N) is 1. The number of piperidine rings is 2. The van der Waals surface area contributed by atoms with E-state index >= 15 is 0 Å². The Morgan fingerprint density at radius 3 is 2.62 bits per heavy atom. The second-order valence-electron chi connectivity index (χ2n) is 8.55. The van der Waals surface area contributed by atoms with Gasteiger partial charge in [0, 0.05) is 63.4 Å². The fourth-order valence-electron chi connectivity index (χ4n) is 5.32. The molecule has 2 fully saturated rings. The highest BCUT2D eigenvalue weighted by atomic mass is 32.2. The summed E-state index contributed by atoms with van der Waals surface area (Å²) in [4.78, 5) is 40.9. The number of nitrogens with zero attached hydrogens (tertiary/aromatic N) is 3. The van der Waals surface area contributed by atoms with Crippen molar-refractivity contribution >= 4 is 29.3 Å². The standard InChI is InChI=1S/C21H30N4O3S/c1-14(26)23-7-5-17(6-8-23)24-10-15-9-16(12-24)21-18(22-19(27)13-29-2)3-4-20(28)25(21)11-15/h3-4,15-17H,5-13H2,1-2H3,(H,22,27)/t15-,16-/m1/s1. The molecule has 1 aromatic heterocycles. The Morgan fingerprint density at radius 2 is 1.93 bits per heavy atom. The van der Waals surface area contributed by atoms with Crippen LogP contribution in [0.25, 0.3) is 0 Å². The summed E-state index contributed by atoms with van der Waals surface area (Å²) in [7, 11) is 0. The number of aromatic nitrogens is 1. The fraction of sp³-hybridized carbons (Fsp3) is 0.667. The highest BCUT2D eigenvalue weighted by Crippen LogP contribution is 2.40. The van der Waals surface area contributed by atoms with Crippen molar-refractivity contribution in [1.82, 2.24) is 14.4 Å². The number of hydrogen-bond acceptors (Lipinski definition) is 5. The SMILES string of the molecule is CSCC(=O)Nc1ccc(=O)n2c1[C@@H]1C[C@H](CN(C3CCN(C(C)=O)CC3)C1)C2. The average Bonchev–Trinajstić information content (AvgIpc) is 2.70. The molecule has 8 heteroatoms. The lowest BCUT2D eigenvalue weighted by Crippen LogP contribution is -2.53. The Kier molecular flexibility index (Phi) is 6.01. The number of amides is 2. The van der Waals surface area contributed by atoms with Crippen LogP contribution in [0.5, 0.6) is 0 Å². The van der Waals surface area contributed by atoms with E-state index in [1.807, 2.05) is 15.7 Å². The number of pyridine rings is 1. The van der Waals surface area contributed by atoms with Gasteiger partial charge in [0.05, 0.1) is 11.4 Å². The molecule has 29 heavy (non-hydrogen) atoms. The van der Waals surface area contributed by atoms with Gasteiger partial charge in [-0.05, 0) is 37.5 Å². The Hall–Kier alpha value is -1.80. The number of anilines is 1. The maximum Gasteiger partial charge on any atom is 0.250 e. The van der Waals surface area contributed by atoms with E-state index in [-0.39, 0.29) is 23.3 Å². The van der Waals surface area contributed by atoms with E-state index in [4.69, 9.17) is 0 Å². The van der Waals surface area contributed by atoms with Crippen molar-refractivity contribution in [1.29, 1.82) is 0 Å². The van der Waals surface area contributed by atoms with Gasteiger partial charge in [-0.1, -0.05) is 0 Å². The summed E-state index contributed by atoms with van der Waals surface area (Å²) in [5, 5.41) is 3.03. The van der Waals surface area contributed by atoms with Crippen molar-refractivity contribution in [3.8, 4) is 0 Å². The molecule has 158 valence electrons. The molecule has 4 rings (SSSR count). The summed E-state index contributed by atoms with van der Waals surface area (Å²) in [5.41, 5.74) is 1.82. The molecule has 3 aliphatic heterocycles. The molecule has 4 heterocycles. The molecule has 0 radical (unpaired) electrons. The van der Waals surface area contributed by atoms with E-state index in [0.717, 1.165) is 63.4 Å². The molecule has 0 saturated carbocycles. The minimum Gasteiger partial charge on any atom is -0.343 e. The molecule has 2 saturated heterocycles. The molecule has 1 N–H and O–H groups in total. The zero-order valence-electron chi connectivity index (χ0n) is 17.2. The zero-order valence-corrected chi connectivity index (χ0v) is 18.0. The largest absolute Gasteiger partial charge is 0.343 e. The second kappa shape index (κ2) is 8.52. The van der Waals surface area contributed by atoms with Crippen LogP contribution in [0.3, 0.4) is 0 Å². The number of hydrogen-bond donors (Lipinski definition) is 1. The van der Waals surface area contributed by atoms with Gasteiger partial charge in [-0.25, -0.2) is 0 Å². The summed E-state index contributed by atoms with van der Waals surface area (Å²) < 4.78 is 1.89. The molecule has 3 aliphatic rings. The van der Waals surface area contributed by atoms with Gasteiger partial charge in [0.2, 0.25) is 11.8 Å². The molecule has 2 atom stereocenters. The molecular formula is C21H30N4O3S. The zero-order chi connectivity index (χ0) is 20.5. The Bertz CT molecular complexity index is 847. The van der Waals surface area contributed by atoms with Crippen LogP contribution in [0.15, 0.2) is 16.9 Å². The van der Waals surface area contributed by atoms with E-state index in [1.165, 1.54) is 11.8 Å². The normalized spacial score (nSPS) is 24.8. The van der Waals surface area contributed by atoms with Gasteiger partial charge in [0.15, 0.2) is 0 Å². The van der Waals surface area contributed by atoms with Gasteiger partial charge in [-0.2, -0.15) is 11.8 Å². The third-order valence-corrected chi connectivity index (χ3v) is 7.14. The lowest BCUT2D eigenvalue weighted by atomic mass is 9.81. The van der Waals surface area contributed by atoms with Crippen LogP contribution in [-0.2, 0) is 16.1 Å². The minimum atomic E-state index is -0.0228. The predicted molar refractivity (Wildman–Crippen MR) is 115 cm³/mol. The molecular weight excluding hydrogens is 388 g/mol. The van der Waals surface area contributed by atoms with Crippen molar-refractivity contribution in [2.45, 2.75) is 44.7 Å². The van der Waals surface area contributed by atoms with E-state index in [9.17, 15) is 14.4 Å². The summed E-state index contributed by atoms with van der Waals surface area (Å²) in [5.74, 6) is 1.27. The average molecular weight is 419 g/mol. The first-order chi connectivity index (χ1) is 14.0. The molecule has 0 aliphatic carbocycles. The molecule has 2 bridgehead atoms. The Morgan fingerprint density at radius 1 is 1.17 bits per heavy atom. The van der Waals surface area contributed by atoms with Gasteiger partial charge >= 0.3 is 0 Å². The van der Waals surface area contributed by atoms with Crippen molar-refractivity contribution < 1.29 is 9.59 Å². The Labute approximate surface area is 175 Å². The van der Waals surface area contributed by atoms with Crippen molar-refractivity contribution in [2.24, 2.45) is 5.92 Å². The van der Waals surface area contributed by atoms with Gasteiger partial charge in [0.25, 0.3) is 5.56 Å². The topological polar surface area (TPSA) is 74.7 Å². The fourth-order valence-corrected chi connectivity index (χ4v) is 5.65. The first-order valence-electron chi connectivity index (χ1n) is 10.5. The highest BCUT2D eigenvalue weighted by molar-refractivity contribution is 7.99. The van der Waals surface area contributed by atoms with Gasteiger partial charge in [0.1, 0.15) is 0 Å². The number of thioether (sulfide) groups is 1. The van der Waals surface area contributed by atoms with E-state index in [0.29, 0.717) is 17.7 Å². The van der Waals surface area contributed by atoms with Gasteiger partial charge < -0.3 is 14.8 Å². The number of carbonyl (C=O) groups excluding carboxylic acids is 2. The summed E-state index contributed by atoms with van der Waals surface area (Å²) in [6.45, 7) is 5.95. The molecule has 0 aromatic carbocycles. The molecule has 0 unspecified atom stereocenters. The maximum absolute atomic E-state index is 12.5. The first-order valence-corrected chi connectivity index (χ1v) is 11.9. The van der Waals surface area contributed by atoms with Crippen LogP contribution in [0, 0.1) is 5.92 Å². The summed E-state index contributed by atoms with van der Waals surface area (Å²) in [6, 6.07) is 3.85. The van der Waals surface area contributed by atoms with E-state index in [2.05, 4.69) is 10.2 Å². The second-order valence-corrected chi connectivity index (χ2v) is 9.42. The van der Waals surface area contributed by atoms with Crippen LogP contribution >= 0.6 is 11.8 Å². The van der Waals surface area contributed by atoms with E-state index in [1.54, 1.807) is 19.1 Å². The Balaban J connectivity index is 1.54. The summed E-state index contributed by atoms with van der Waals surface area (Å²) in [6.07, 6.45) is 5.00.